The van der Waals surface area contributed by atoms with Crippen LogP contribution in [0.1, 0.15) is 24.3 Å². The second-order valence-electron chi connectivity index (χ2n) is 4.60. The predicted molar refractivity (Wildman–Crippen MR) is 57.7 cm³/mol. The number of carbonyl (C=O) groups is 1. The van der Waals surface area contributed by atoms with E-state index in [9.17, 15) is 4.79 Å². The van der Waals surface area contributed by atoms with Crippen molar-refractivity contribution in [3.05, 3.63) is 35.9 Å². The zero-order valence-corrected chi connectivity index (χ0v) is 8.49. The van der Waals surface area contributed by atoms with Crippen molar-refractivity contribution in [3.63, 3.8) is 0 Å². The molecule has 0 radical (unpaired) electrons. The van der Waals surface area contributed by atoms with Crippen molar-refractivity contribution in [3.8, 4) is 0 Å². The van der Waals surface area contributed by atoms with Crippen molar-refractivity contribution < 1.29 is 4.79 Å². The number of rotatable bonds is 1. The molecule has 0 aromatic heterocycles. The second kappa shape index (κ2) is 2.99. The third kappa shape index (κ3) is 1.39. The lowest BCUT2D eigenvalue weighted by Crippen LogP contribution is -2.53. The maximum absolute atomic E-state index is 11.1. The van der Waals surface area contributed by atoms with Crippen LogP contribution in [0.25, 0.3) is 0 Å². The summed E-state index contributed by atoms with van der Waals surface area (Å²) in [5.74, 6) is 0.617. The maximum atomic E-state index is 11.1. The minimum Gasteiger partial charge on any atom is -0.336 e. The minimum atomic E-state index is -0.0125. The summed E-state index contributed by atoms with van der Waals surface area (Å²) in [7, 11) is 0. The third-order valence-corrected chi connectivity index (χ3v) is 3.51. The van der Waals surface area contributed by atoms with Gasteiger partial charge in [-0.2, -0.15) is 0 Å². The average Bonchev–Trinajstić information content (AvgIpc) is 2.60. The van der Waals surface area contributed by atoms with Gasteiger partial charge >= 0.3 is 6.03 Å². The summed E-state index contributed by atoms with van der Waals surface area (Å²) in [5, 5.41) is 5.85. The fourth-order valence-electron chi connectivity index (χ4n) is 2.67. The first-order valence-corrected chi connectivity index (χ1v) is 5.38. The maximum Gasteiger partial charge on any atom is 0.315 e. The SMILES string of the molecule is O=C1NCC2(CC(c3ccccc3)C2)N1. The van der Waals surface area contributed by atoms with Crippen LogP contribution < -0.4 is 10.6 Å². The largest absolute Gasteiger partial charge is 0.336 e. The van der Waals surface area contributed by atoms with Gasteiger partial charge in [-0.15, -0.1) is 0 Å². The standard InChI is InChI=1S/C12H14N2O/c15-11-13-8-12(14-11)6-10(7-12)9-4-2-1-3-5-9/h1-5,10H,6-8H2,(H2,13,14,15). The summed E-state index contributed by atoms with van der Waals surface area (Å²) in [6.45, 7) is 0.787. The summed E-state index contributed by atoms with van der Waals surface area (Å²) >= 11 is 0. The average molecular weight is 202 g/mol. The lowest BCUT2D eigenvalue weighted by molar-refractivity contribution is 0.190. The third-order valence-electron chi connectivity index (χ3n) is 3.51. The van der Waals surface area contributed by atoms with Crippen molar-refractivity contribution in [2.75, 3.05) is 6.54 Å². The molecule has 15 heavy (non-hydrogen) atoms. The van der Waals surface area contributed by atoms with E-state index in [0.29, 0.717) is 5.92 Å². The topological polar surface area (TPSA) is 41.1 Å². The number of benzene rings is 1. The molecule has 78 valence electrons. The minimum absolute atomic E-state index is 0.0125. The molecule has 2 N–H and O–H groups in total. The van der Waals surface area contributed by atoms with Crippen molar-refractivity contribution >= 4 is 6.03 Å². The van der Waals surface area contributed by atoms with E-state index in [4.69, 9.17) is 0 Å². The van der Waals surface area contributed by atoms with E-state index in [0.717, 1.165) is 19.4 Å². The number of amides is 2. The highest BCUT2D eigenvalue weighted by molar-refractivity contribution is 5.78. The Hall–Kier alpha value is -1.51. The number of urea groups is 1. The highest BCUT2D eigenvalue weighted by atomic mass is 16.2. The van der Waals surface area contributed by atoms with Crippen LogP contribution in [0, 0.1) is 0 Å². The molecule has 3 rings (SSSR count). The second-order valence-corrected chi connectivity index (χ2v) is 4.60. The van der Waals surface area contributed by atoms with Crippen molar-refractivity contribution in [1.29, 1.82) is 0 Å². The van der Waals surface area contributed by atoms with E-state index in [1.807, 2.05) is 6.07 Å². The summed E-state index contributed by atoms with van der Waals surface area (Å²) in [4.78, 5) is 11.1. The first kappa shape index (κ1) is 8.77. The Kier molecular flexibility index (Phi) is 1.75. The molecular weight excluding hydrogens is 188 g/mol. The van der Waals surface area contributed by atoms with Gasteiger partial charge in [-0.1, -0.05) is 30.3 Å². The molecular formula is C12H14N2O. The van der Waals surface area contributed by atoms with Gasteiger partial charge < -0.3 is 10.6 Å². The van der Waals surface area contributed by atoms with E-state index in [-0.39, 0.29) is 11.6 Å². The van der Waals surface area contributed by atoms with Gasteiger partial charge in [0, 0.05) is 6.54 Å². The number of carbonyl (C=O) groups excluding carboxylic acids is 1. The number of hydrogen-bond donors (Lipinski definition) is 2. The first-order valence-electron chi connectivity index (χ1n) is 5.38. The normalized spacial score (nSPS) is 33.3. The van der Waals surface area contributed by atoms with Crippen LogP contribution in [-0.2, 0) is 0 Å². The molecule has 1 aromatic rings. The Labute approximate surface area is 88.9 Å². The van der Waals surface area contributed by atoms with Crippen molar-refractivity contribution in [2.45, 2.75) is 24.3 Å². The molecule has 1 aromatic carbocycles. The van der Waals surface area contributed by atoms with Crippen LogP contribution in [0.5, 0.6) is 0 Å². The van der Waals surface area contributed by atoms with Crippen LogP contribution >= 0.6 is 0 Å². The van der Waals surface area contributed by atoms with Gasteiger partial charge in [0.05, 0.1) is 5.54 Å². The fraction of sp³-hybridized carbons (Fsp3) is 0.417. The van der Waals surface area contributed by atoms with E-state index < -0.39 is 0 Å². The molecule has 3 heteroatoms. The molecule has 2 amide bonds. The molecule has 2 fully saturated rings. The predicted octanol–water partition coefficient (Wildman–Crippen LogP) is 1.62. The molecule has 1 spiro atoms. The van der Waals surface area contributed by atoms with Gasteiger partial charge in [0.25, 0.3) is 0 Å². The van der Waals surface area contributed by atoms with Crippen LogP contribution in [0.4, 0.5) is 4.79 Å². The number of hydrogen-bond acceptors (Lipinski definition) is 1. The summed E-state index contributed by atoms with van der Waals surface area (Å²) in [6, 6.07) is 10.5. The number of nitrogens with one attached hydrogen (secondary N) is 2. The molecule has 0 unspecified atom stereocenters. The van der Waals surface area contributed by atoms with Crippen molar-refractivity contribution in [2.24, 2.45) is 0 Å². The summed E-state index contributed by atoms with van der Waals surface area (Å²) in [6.07, 6.45) is 2.13. The molecule has 0 bridgehead atoms. The lowest BCUT2D eigenvalue weighted by Gasteiger charge is -2.44. The van der Waals surface area contributed by atoms with Gasteiger partial charge in [-0.25, -0.2) is 4.79 Å². The Morgan fingerprint density at radius 1 is 1.20 bits per heavy atom. The van der Waals surface area contributed by atoms with E-state index in [2.05, 4.69) is 34.9 Å². The molecule has 0 atom stereocenters. The molecule has 1 saturated carbocycles. The summed E-state index contributed by atoms with van der Waals surface area (Å²) < 4.78 is 0. The van der Waals surface area contributed by atoms with Crippen LogP contribution in [0.15, 0.2) is 30.3 Å². The molecule has 1 heterocycles. The van der Waals surface area contributed by atoms with Crippen LogP contribution in [0.3, 0.4) is 0 Å². The highest BCUT2D eigenvalue weighted by Crippen LogP contribution is 2.45. The first-order chi connectivity index (χ1) is 7.27. The van der Waals surface area contributed by atoms with E-state index in [1.54, 1.807) is 0 Å². The van der Waals surface area contributed by atoms with E-state index in [1.165, 1.54) is 5.56 Å². The monoisotopic (exact) mass is 202 g/mol. The Balaban J connectivity index is 1.69. The Morgan fingerprint density at radius 3 is 2.53 bits per heavy atom. The fourth-order valence-corrected chi connectivity index (χ4v) is 2.67. The van der Waals surface area contributed by atoms with Crippen molar-refractivity contribution in [1.82, 2.24) is 10.6 Å². The molecule has 1 aliphatic heterocycles. The van der Waals surface area contributed by atoms with E-state index >= 15 is 0 Å². The van der Waals surface area contributed by atoms with Crippen LogP contribution in [-0.4, -0.2) is 18.1 Å². The zero-order chi connectivity index (χ0) is 10.3. The van der Waals surface area contributed by atoms with Gasteiger partial charge in [-0.05, 0) is 24.3 Å². The zero-order valence-electron chi connectivity index (χ0n) is 8.49. The Bertz CT molecular complexity index is 382. The van der Waals surface area contributed by atoms with Gasteiger partial charge in [0.1, 0.15) is 0 Å². The highest BCUT2D eigenvalue weighted by Gasteiger charge is 2.48. The van der Waals surface area contributed by atoms with Gasteiger partial charge in [0.2, 0.25) is 0 Å². The molecule has 1 saturated heterocycles. The smallest absolute Gasteiger partial charge is 0.315 e. The Morgan fingerprint density at radius 2 is 1.93 bits per heavy atom. The molecule has 2 aliphatic rings. The van der Waals surface area contributed by atoms with Gasteiger partial charge in [-0.3, -0.25) is 0 Å². The molecule has 3 nitrogen and oxygen atoms in total. The van der Waals surface area contributed by atoms with Gasteiger partial charge in [0.15, 0.2) is 0 Å². The van der Waals surface area contributed by atoms with Crippen LogP contribution in [0.2, 0.25) is 0 Å². The lowest BCUT2D eigenvalue weighted by atomic mass is 9.66. The molecule has 1 aliphatic carbocycles. The summed E-state index contributed by atoms with van der Waals surface area (Å²) in [5.41, 5.74) is 1.45. The quantitative estimate of drug-likeness (QED) is 0.713.